The molecule has 0 fully saturated rings. The number of rotatable bonds is 4. The van der Waals surface area contributed by atoms with Crippen molar-refractivity contribution >= 4 is 22.5 Å². The molecule has 6 nitrogen and oxygen atoms in total. The number of aromatic nitrogens is 5. The molecule has 146 valence electrons. The third kappa shape index (κ3) is 3.51. The third-order valence-electron chi connectivity index (χ3n) is 4.90. The van der Waals surface area contributed by atoms with E-state index in [0.29, 0.717) is 5.82 Å². The van der Waals surface area contributed by atoms with Gasteiger partial charge in [-0.1, -0.05) is 48.0 Å². The zero-order chi connectivity index (χ0) is 20.5. The fraction of sp³-hybridized carbons (Fsp3) is 0.0833. The smallest absolute Gasteiger partial charge is 0.156 e. The molecular weight excluding hydrogens is 372 g/mol. The van der Waals surface area contributed by atoms with Crippen molar-refractivity contribution in [3.05, 3.63) is 90.1 Å². The summed E-state index contributed by atoms with van der Waals surface area (Å²) in [5, 5.41) is 17.7. The number of nitrogens with zero attached hydrogens (tertiary/aromatic N) is 5. The number of benzene rings is 2. The van der Waals surface area contributed by atoms with Gasteiger partial charge in [-0.25, -0.2) is 4.98 Å². The minimum absolute atomic E-state index is 0.646. The Kier molecular flexibility index (Phi) is 4.44. The van der Waals surface area contributed by atoms with Crippen LogP contribution in [0.15, 0.2) is 78.9 Å². The largest absolute Gasteiger partial charge is 0.323 e. The molecule has 2 aromatic carbocycles. The summed E-state index contributed by atoms with van der Waals surface area (Å²) in [6.45, 7) is 4.02. The molecule has 0 unspecified atom stereocenters. The minimum atomic E-state index is 0.646. The SMILES string of the molecule is Cc1ccc(-c2ccc(Nc3cc(C)nn3-c3ccc4ccccc4n3)nn2)cc1. The van der Waals surface area contributed by atoms with Gasteiger partial charge in [0, 0.05) is 17.0 Å². The lowest BCUT2D eigenvalue weighted by molar-refractivity contribution is 0.842. The molecule has 0 spiro atoms. The second-order valence-corrected chi connectivity index (χ2v) is 7.24. The van der Waals surface area contributed by atoms with E-state index in [4.69, 9.17) is 4.98 Å². The average Bonchev–Trinajstić information content (AvgIpc) is 3.14. The molecule has 30 heavy (non-hydrogen) atoms. The lowest BCUT2D eigenvalue weighted by Gasteiger charge is -2.09. The molecule has 0 amide bonds. The van der Waals surface area contributed by atoms with Gasteiger partial charge in [0.15, 0.2) is 11.6 Å². The molecule has 5 rings (SSSR count). The maximum absolute atomic E-state index is 4.75. The minimum Gasteiger partial charge on any atom is -0.323 e. The molecule has 6 heteroatoms. The van der Waals surface area contributed by atoms with Gasteiger partial charge < -0.3 is 5.32 Å². The van der Waals surface area contributed by atoms with Crippen LogP contribution < -0.4 is 5.32 Å². The zero-order valence-electron chi connectivity index (χ0n) is 16.7. The Morgan fingerprint density at radius 2 is 1.63 bits per heavy atom. The van der Waals surface area contributed by atoms with Crippen LogP contribution in [-0.4, -0.2) is 25.0 Å². The summed E-state index contributed by atoms with van der Waals surface area (Å²) in [5.41, 5.74) is 4.91. The van der Waals surface area contributed by atoms with Crippen molar-refractivity contribution < 1.29 is 0 Å². The Morgan fingerprint density at radius 3 is 2.43 bits per heavy atom. The van der Waals surface area contributed by atoms with Crippen LogP contribution in [0.25, 0.3) is 28.0 Å². The molecule has 0 atom stereocenters. The first-order chi connectivity index (χ1) is 14.7. The highest BCUT2D eigenvalue weighted by atomic mass is 15.4. The monoisotopic (exact) mass is 392 g/mol. The first kappa shape index (κ1) is 18.0. The van der Waals surface area contributed by atoms with Gasteiger partial charge in [0.25, 0.3) is 0 Å². The predicted molar refractivity (Wildman–Crippen MR) is 119 cm³/mol. The first-order valence-corrected chi connectivity index (χ1v) is 9.76. The predicted octanol–water partition coefficient (Wildman–Crippen LogP) is 5.24. The van der Waals surface area contributed by atoms with Crippen LogP contribution in [0.2, 0.25) is 0 Å². The topological polar surface area (TPSA) is 68.5 Å². The number of anilines is 2. The number of hydrogen-bond acceptors (Lipinski definition) is 5. The summed E-state index contributed by atoms with van der Waals surface area (Å²) in [6, 6.07) is 26.1. The van der Waals surface area contributed by atoms with Crippen molar-refractivity contribution in [3.63, 3.8) is 0 Å². The Balaban J connectivity index is 1.44. The zero-order valence-corrected chi connectivity index (χ0v) is 16.7. The van der Waals surface area contributed by atoms with Crippen LogP contribution in [0.4, 0.5) is 11.6 Å². The molecular formula is C24H20N6. The lowest BCUT2D eigenvalue weighted by Crippen LogP contribution is -2.06. The molecule has 0 aliphatic heterocycles. The quantitative estimate of drug-likeness (QED) is 0.453. The Morgan fingerprint density at radius 1 is 0.800 bits per heavy atom. The fourth-order valence-electron chi connectivity index (χ4n) is 3.34. The van der Waals surface area contributed by atoms with Crippen LogP contribution in [-0.2, 0) is 0 Å². The van der Waals surface area contributed by atoms with Gasteiger partial charge in [-0.15, -0.1) is 10.2 Å². The number of aryl methyl sites for hydroxylation is 2. The van der Waals surface area contributed by atoms with E-state index in [1.54, 1.807) is 4.68 Å². The highest BCUT2D eigenvalue weighted by Crippen LogP contribution is 2.23. The van der Waals surface area contributed by atoms with Crippen LogP contribution >= 0.6 is 0 Å². The summed E-state index contributed by atoms with van der Waals surface area (Å²) in [5.74, 6) is 2.18. The molecule has 0 aliphatic carbocycles. The molecule has 0 saturated carbocycles. The van der Waals surface area contributed by atoms with Gasteiger partial charge in [0.05, 0.1) is 16.9 Å². The lowest BCUT2D eigenvalue weighted by atomic mass is 10.1. The summed E-state index contributed by atoms with van der Waals surface area (Å²) in [7, 11) is 0. The van der Waals surface area contributed by atoms with E-state index in [1.165, 1.54) is 5.56 Å². The van der Waals surface area contributed by atoms with Crippen LogP contribution in [0.5, 0.6) is 0 Å². The van der Waals surface area contributed by atoms with Crippen molar-refractivity contribution in [2.24, 2.45) is 0 Å². The maximum Gasteiger partial charge on any atom is 0.156 e. The number of nitrogens with one attached hydrogen (secondary N) is 1. The van der Waals surface area contributed by atoms with Crippen molar-refractivity contribution in [2.45, 2.75) is 13.8 Å². The first-order valence-electron chi connectivity index (χ1n) is 9.76. The highest BCUT2D eigenvalue weighted by Gasteiger charge is 2.11. The summed E-state index contributed by atoms with van der Waals surface area (Å²) >= 11 is 0. The Hall–Kier alpha value is -4.06. The number of hydrogen-bond donors (Lipinski definition) is 1. The van der Waals surface area contributed by atoms with Crippen LogP contribution in [0.3, 0.4) is 0 Å². The normalized spacial score (nSPS) is 11.0. The van der Waals surface area contributed by atoms with Gasteiger partial charge in [0.1, 0.15) is 5.82 Å². The van der Waals surface area contributed by atoms with Gasteiger partial charge in [-0.3, -0.25) is 0 Å². The van der Waals surface area contributed by atoms with E-state index in [9.17, 15) is 0 Å². The molecule has 0 saturated heterocycles. The molecule has 0 radical (unpaired) electrons. The molecule has 5 aromatic rings. The van der Waals surface area contributed by atoms with Gasteiger partial charge in [-0.2, -0.15) is 9.78 Å². The van der Waals surface area contributed by atoms with Crippen LogP contribution in [0, 0.1) is 13.8 Å². The number of pyridine rings is 1. The van der Waals surface area contributed by atoms with Gasteiger partial charge in [0.2, 0.25) is 0 Å². The van der Waals surface area contributed by atoms with Crippen molar-refractivity contribution in [1.29, 1.82) is 0 Å². The van der Waals surface area contributed by atoms with E-state index in [1.807, 2.05) is 55.5 Å². The standard InChI is InChI=1S/C24H20N6/c1-16-7-9-19(10-8-16)21-12-13-22(28-27-21)26-24-15-17(2)29-30(24)23-14-11-18-5-3-4-6-20(18)25-23/h3-15H,1-2H3,(H,26,28). The summed E-state index contributed by atoms with van der Waals surface area (Å²) < 4.78 is 1.79. The highest BCUT2D eigenvalue weighted by molar-refractivity contribution is 5.79. The summed E-state index contributed by atoms with van der Waals surface area (Å²) in [6.07, 6.45) is 0. The van der Waals surface area contributed by atoms with E-state index < -0.39 is 0 Å². The van der Waals surface area contributed by atoms with Crippen molar-refractivity contribution in [3.8, 4) is 17.1 Å². The van der Waals surface area contributed by atoms with E-state index in [-0.39, 0.29) is 0 Å². The second-order valence-electron chi connectivity index (χ2n) is 7.24. The number of para-hydroxylation sites is 1. The Labute approximate surface area is 174 Å². The Bertz CT molecular complexity index is 1320. The van der Waals surface area contributed by atoms with Crippen molar-refractivity contribution in [2.75, 3.05) is 5.32 Å². The fourth-order valence-corrected chi connectivity index (χ4v) is 3.34. The van der Waals surface area contributed by atoms with E-state index >= 15 is 0 Å². The second kappa shape index (κ2) is 7.40. The molecule has 0 aliphatic rings. The third-order valence-corrected chi connectivity index (χ3v) is 4.90. The molecule has 0 bridgehead atoms. The van der Waals surface area contributed by atoms with Crippen molar-refractivity contribution in [1.82, 2.24) is 25.0 Å². The van der Waals surface area contributed by atoms with E-state index in [0.717, 1.165) is 39.5 Å². The summed E-state index contributed by atoms with van der Waals surface area (Å²) in [4.78, 5) is 4.75. The molecule has 3 aromatic heterocycles. The molecule has 1 N–H and O–H groups in total. The van der Waals surface area contributed by atoms with Gasteiger partial charge in [-0.05, 0) is 44.2 Å². The molecule has 3 heterocycles. The average molecular weight is 392 g/mol. The maximum atomic E-state index is 4.75. The van der Waals surface area contributed by atoms with Crippen LogP contribution in [0.1, 0.15) is 11.3 Å². The number of fused-ring (bicyclic) bond motifs is 1. The van der Waals surface area contributed by atoms with Gasteiger partial charge >= 0.3 is 0 Å². The van der Waals surface area contributed by atoms with E-state index in [2.05, 4.69) is 57.9 Å².